The maximum absolute atomic E-state index is 5.48. The highest BCUT2D eigenvalue weighted by Crippen LogP contribution is 2.19. The molecule has 3 aromatic rings. The second-order valence-electron chi connectivity index (χ2n) is 6.61. The van der Waals surface area contributed by atoms with Crippen LogP contribution in [-0.2, 0) is 6.54 Å². The summed E-state index contributed by atoms with van der Waals surface area (Å²) in [7, 11) is 0. The molecule has 0 saturated heterocycles. The number of nitrogens with one attached hydrogen (secondary N) is 2. The van der Waals surface area contributed by atoms with Crippen molar-refractivity contribution in [2.24, 2.45) is 0 Å². The minimum absolute atomic E-state index is 0.585. The predicted octanol–water partition coefficient (Wildman–Crippen LogP) is 4.97. The summed E-state index contributed by atoms with van der Waals surface area (Å²) in [5, 5.41) is 11.7. The van der Waals surface area contributed by atoms with Crippen LogP contribution in [0.1, 0.15) is 28.1 Å². The largest absolute Gasteiger partial charge is 0.332 e. The minimum atomic E-state index is 0.585. The van der Waals surface area contributed by atoms with E-state index in [0.29, 0.717) is 5.11 Å². The first kappa shape index (κ1) is 18.1. The Labute approximate surface area is 160 Å². The molecule has 4 nitrogen and oxygen atoms in total. The van der Waals surface area contributed by atoms with E-state index in [9.17, 15) is 0 Å². The van der Waals surface area contributed by atoms with Crippen molar-refractivity contribution in [1.29, 1.82) is 0 Å². The van der Waals surface area contributed by atoms with E-state index in [4.69, 9.17) is 12.2 Å². The standard InChI is InChI=1S/C21H24N4S/c1-14-7-5-10-20(17(14)4)23-21(26)22-19-9-6-8-18(12-19)13-25-16(3)11-15(2)24-25/h5-12H,13H2,1-4H3,(H2,22,23,26). The van der Waals surface area contributed by atoms with Crippen LogP contribution >= 0.6 is 12.2 Å². The van der Waals surface area contributed by atoms with E-state index in [2.05, 4.69) is 60.8 Å². The molecule has 0 spiro atoms. The summed E-state index contributed by atoms with van der Waals surface area (Å²) in [6.07, 6.45) is 0. The fourth-order valence-corrected chi connectivity index (χ4v) is 3.15. The first-order valence-electron chi connectivity index (χ1n) is 8.66. The quantitative estimate of drug-likeness (QED) is 0.641. The van der Waals surface area contributed by atoms with Crippen LogP contribution in [0.25, 0.3) is 0 Å². The summed E-state index contributed by atoms with van der Waals surface area (Å²) >= 11 is 5.48. The Bertz CT molecular complexity index is 943. The van der Waals surface area contributed by atoms with Crippen molar-refractivity contribution in [2.75, 3.05) is 10.6 Å². The number of thiocarbonyl (C=S) groups is 1. The van der Waals surface area contributed by atoms with E-state index >= 15 is 0 Å². The first-order chi connectivity index (χ1) is 12.4. The van der Waals surface area contributed by atoms with Crippen molar-refractivity contribution in [3.05, 3.63) is 76.6 Å². The van der Waals surface area contributed by atoms with Gasteiger partial charge in [-0.05, 0) is 80.9 Å². The smallest absolute Gasteiger partial charge is 0.175 e. The number of hydrogen-bond acceptors (Lipinski definition) is 2. The van der Waals surface area contributed by atoms with Gasteiger partial charge in [-0.1, -0.05) is 24.3 Å². The summed E-state index contributed by atoms with van der Waals surface area (Å²) in [6, 6.07) is 16.5. The van der Waals surface area contributed by atoms with Gasteiger partial charge in [0.2, 0.25) is 0 Å². The lowest BCUT2D eigenvalue weighted by Crippen LogP contribution is -2.20. The molecule has 0 atom stereocenters. The van der Waals surface area contributed by atoms with Crippen LogP contribution in [0, 0.1) is 27.7 Å². The van der Waals surface area contributed by atoms with Crippen LogP contribution in [0.15, 0.2) is 48.5 Å². The molecule has 1 aromatic heterocycles. The molecule has 0 bridgehead atoms. The van der Waals surface area contributed by atoms with Gasteiger partial charge in [0.15, 0.2) is 5.11 Å². The third kappa shape index (κ3) is 4.29. The lowest BCUT2D eigenvalue weighted by molar-refractivity contribution is 0.659. The topological polar surface area (TPSA) is 41.9 Å². The highest BCUT2D eigenvalue weighted by atomic mass is 32.1. The second-order valence-corrected chi connectivity index (χ2v) is 7.02. The molecule has 1 heterocycles. The number of nitrogens with zero attached hydrogens (tertiary/aromatic N) is 2. The predicted molar refractivity (Wildman–Crippen MR) is 113 cm³/mol. The monoisotopic (exact) mass is 364 g/mol. The molecule has 134 valence electrons. The lowest BCUT2D eigenvalue weighted by Gasteiger charge is -2.14. The van der Waals surface area contributed by atoms with E-state index in [1.165, 1.54) is 16.7 Å². The first-order valence-corrected chi connectivity index (χ1v) is 9.07. The fourth-order valence-electron chi connectivity index (χ4n) is 2.93. The van der Waals surface area contributed by atoms with Crippen molar-refractivity contribution in [3.8, 4) is 0 Å². The normalized spacial score (nSPS) is 10.6. The average Bonchev–Trinajstić information content (AvgIpc) is 2.89. The summed E-state index contributed by atoms with van der Waals surface area (Å²) in [6.45, 7) is 9.02. The molecule has 26 heavy (non-hydrogen) atoms. The number of aryl methyl sites for hydroxylation is 3. The summed E-state index contributed by atoms with van der Waals surface area (Å²) in [5.74, 6) is 0. The Hall–Kier alpha value is -2.66. The van der Waals surface area contributed by atoms with Gasteiger partial charge in [0.1, 0.15) is 0 Å². The van der Waals surface area contributed by atoms with Gasteiger partial charge in [-0.25, -0.2) is 0 Å². The van der Waals surface area contributed by atoms with E-state index < -0.39 is 0 Å². The molecule has 0 radical (unpaired) electrons. The molecular formula is C21H24N4S. The van der Waals surface area contributed by atoms with Gasteiger partial charge in [0.05, 0.1) is 12.2 Å². The lowest BCUT2D eigenvalue weighted by atomic mass is 10.1. The molecule has 5 heteroatoms. The van der Waals surface area contributed by atoms with Crippen molar-refractivity contribution in [2.45, 2.75) is 34.2 Å². The molecule has 0 amide bonds. The number of hydrogen-bond donors (Lipinski definition) is 2. The number of anilines is 2. The van der Waals surface area contributed by atoms with Gasteiger partial charge in [0, 0.05) is 17.1 Å². The molecule has 0 unspecified atom stereocenters. The summed E-state index contributed by atoms with van der Waals surface area (Å²) in [5.41, 5.74) is 7.81. The van der Waals surface area contributed by atoms with Gasteiger partial charge >= 0.3 is 0 Å². The third-order valence-corrected chi connectivity index (χ3v) is 4.68. The molecule has 3 rings (SSSR count). The zero-order chi connectivity index (χ0) is 18.7. The molecular weight excluding hydrogens is 340 g/mol. The molecule has 0 fully saturated rings. The van der Waals surface area contributed by atoms with Gasteiger partial charge < -0.3 is 10.6 Å². The van der Waals surface area contributed by atoms with Crippen LogP contribution in [0.4, 0.5) is 11.4 Å². The molecule has 2 aromatic carbocycles. The van der Waals surface area contributed by atoms with Gasteiger partial charge in [0.25, 0.3) is 0 Å². The van der Waals surface area contributed by atoms with Crippen LogP contribution in [0.2, 0.25) is 0 Å². The Kier molecular flexibility index (Phi) is 5.38. The Balaban J connectivity index is 1.69. The zero-order valence-corrected chi connectivity index (χ0v) is 16.4. The molecule has 0 aliphatic carbocycles. The van der Waals surface area contributed by atoms with Crippen molar-refractivity contribution < 1.29 is 0 Å². The Morgan fingerprint density at radius 3 is 2.50 bits per heavy atom. The van der Waals surface area contributed by atoms with Gasteiger partial charge in [-0.2, -0.15) is 5.10 Å². The summed E-state index contributed by atoms with van der Waals surface area (Å²) < 4.78 is 2.02. The van der Waals surface area contributed by atoms with Crippen LogP contribution < -0.4 is 10.6 Å². The molecule has 0 saturated carbocycles. The van der Waals surface area contributed by atoms with Crippen molar-refractivity contribution >= 4 is 28.7 Å². The second kappa shape index (κ2) is 7.70. The number of rotatable bonds is 4. The Morgan fingerprint density at radius 2 is 1.77 bits per heavy atom. The Morgan fingerprint density at radius 1 is 1.00 bits per heavy atom. The van der Waals surface area contributed by atoms with Crippen LogP contribution in [0.3, 0.4) is 0 Å². The zero-order valence-electron chi connectivity index (χ0n) is 15.6. The molecule has 0 aliphatic rings. The van der Waals surface area contributed by atoms with E-state index in [1.807, 2.05) is 35.9 Å². The van der Waals surface area contributed by atoms with Crippen LogP contribution in [0.5, 0.6) is 0 Å². The van der Waals surface area contributed by atoms with E-state index in [0.717, 1.165) is 29.3 Å². The minimum Gasteiger partial charge on any atom is -0.332 e. The summed E-state index contributed by atoms with van der Waals surface area (Å²) in [4.78, 5) is 0. The number of aromatic nitrogens is 2. The molecule has 2 N–H and O–H groups in total. The maximum Gasteiger partial charge on any atom is 0.175 e. The highest BCUT2D eigenvalue weighted by Gasteiger charge is 2.06. The van der Waals surface area contributed by atoms with Crippen LogP contribution in [-0.4, -0.2) is 14.9 Å². The highest BCUT2D eigenvalue weighted by molar-refractivity contribution is 7.80. The number of benzene rings is 2. The van der Waals surface area contributed by atoms with E-state index in [1.54, 1.807) is 0 Å². The maximum atomic E-state index is 5.48. The fraction of sp³-hybridized carbons (Fsp3) is 0.238. The van der Waals surface area contributed by atoms with Gasteiger partial charge in [-0.15, -0.1) is 0 Å². The third-order valence-electron chi connectivity index (χ3n) is 4.47. The molecule has 0 aliphatic heterocycles. The SMILES string of the molecule is Cc1cc(C)n(Cc2cccc(NC(=S)Nc3cccc(C)c3C)c2)n1. The van der Waals surface area contributed by atoms with E-state index in [-0.39, 0.29) is 0 Å². The van der Waals surface area contributed by atoms with Gasteiger partial charge in [-0.3, -0.25) is 4.68 Å². The van der Waals surface area contributed by atoms with Crippen molar-refractivity contribution in [1.82, 2.24) is 9.78 Å². The average molecular weight is 365 g/mol. The van der Waals surface area contributed by atoms with Crippen molar-refractivity contribution in [3.63, 3.8) is 0 Å².